The molecule has 2 rings (SSSR count). The highest BCUT2D eigenvalue weighted by molar-refractivity contribution is 14.0. The van der Waals surface area contributed by atoms with Crippen molar-refractivity contribution in [1.29, 1.82) is 0 Å². The van der Waals surface area contributed by atoms with Gasteiger partial charge in [-0.25, -0.2) is 9.98 Å². The van der Waals surface area contributed by atoms with Gasteiger partial charge in [0.05, 0.1) is 23.4 Å². The van der Waals surface area contributed by atoms with E-state index in [1.807, 2.05) is 6.92 Å². The van der Waals surface area contributed by atoms with Crippen molar-refractivity contribution in [2.45, 2.75) is 72.4 Å². The van der Waals surface area contributed by atoms with Crippen LogP contribution in [0.15, 0.2) is 4.99 Å². The summed E-state index contributed by atoms with van der Waals surface area (Å²) in [4.78, 5) is 10.4. The van der Waals surface area contributed by atoms with Gasteiger partial charge in [-0.3, -0.25) is 0 Å². The van der Waals surface area contributed by atoms with Crippen molar-refractivity contribution < 1.29 is 4.74 Å². The van der Waals surface area contributed by atoms with Gasteiger partial charge in [0.25, 0.3) is 0 Å². The molecule has 0 amide bonds. The summed E-state index contributed by atoms with van der Waals surface area (Å²) >= 11 is 1.73. The van der Waals surface area contributed by atoms with E-state index in [0.717, 1.165) is 48.7 Å². The van der Waals surface area contributed by atoms with Crippen LogP contribution in [0, 0.1) is 19.8 Å². The summed E-state index contributed by atoms with van der Waals surface area (Å²) in [5.74, 6) is 1.62. The molecule has 1 fully saturated rings. The van der Waals surface area contributed by atoms with E-state index < -0.39 is 0 Å². The van der Waals surface area contributed by atoms with E-state index in [1.165, 1.54) is 30.6 Å². The van der Waals surface area contributed by atoms with Crippen molar-refractivity contribution in [3.05, 3.63) is 15.6 Å². The Morgan fingerprint density at radius 1 is 1.27 bits per heavy atom. The monoisotopic (exact) mass is 494 g/mol. The number of thiazole rings is 1. The molecule has 7 heteroatoms. The van der Waals surface area contributed by atoms with Gasteiger partial charge >= 0.3 is 0 Å². The molecule has 26 heavy (non-hydrogen) atoms. The van der Waals surface area contributed by atoms with Crippen molar-refractivity contribution >= 4 is 41.3 Å². The lowest BCUT2D eigenvalue weighted by Crippen LogP contribution is -2.39. The van der Waals surface area contributed by atoms with Crippen LogP contribution in [-0.2, 0) is 11.3 Å². The predicted molar refractivity (Wildman–Crippen MR) is 122 cm³/mol. The molecule has 150 valence electrons. The fraction of sp³-hybridized carbons (Fsp3) is 0.789. The van der Waals surface area contributed by atoms with Gasteiger partial charge in [-0.15, -0.1) is 35.3 Å². The predicted octanol–water partition coefficient (Wildman–Crippen LogP) is 4.42. The smallest absolute Gasteiger partial charge is 0.191 e. The summed E-state index contributed by atoms with van der Waals surface area (Å²) in [6, 6.07) is 0. The number of nitrogens with zero attached hydrogens (tertiary/aromatic N) is 2. The van der Waals surface area contributed by atoms with Crippen LogP contribution in [0.25, 0.3) is 0 Å². The van der Waals surface area contributed by atoms with Crippen LogP contribution in [0.4, 0.5) is 0 Å². The SMILES string of the molecule is CCNC(=NCc1sc(C)nc1C)NCCC(OCC)C1CCCC1.I. The van der Waals surface area contributed by atoms with E-state index in [0.29, 0.717) is 12.6 Å². The number of ether oxygens (including phenoxy) is 1. The molecule has 0 aromatic carbocycles. The van der Waals surface area contributed by atoms with Gasteiger partial charge in [0.1, 0.15) is 0 Å². The molecule has 1 saturated carbocycles. The van der Waals surface area contributed by atoms with Crippen LogP contribution in [0.5, 0.6) is 0 Å². The third kappa shape index (κ3) is 7.68. The highest BCUT2D eigenvalue weighted by atomic mass is 127. The largest absolute Gasteiger partial charge is 0.378 e. The number of aryl methyl sites for hydroxylation is 2. The van der Waals surface area contributed by atoms with Crippen molar-refractivity contribution in [3.63, 3.8) is 0 Å². The van der Waals surface area contributed by atoms with Crippen LogP contribution in [-0.4, -0.2) is 36.7 Å². The number of rotatable bonds is 9. The Kier molecular flexibility index (Phi) is 11.7. The summed E-state index contributed by atoms with van der Waals surface area (Å²) in [6.45, 7) is 11.6. The molecule has 2 N–H and O–H groups in total. The van der Waals surface area contributed by atoms with Gasteiger partial charge in [-0.05, 0) is 52.9 Å². The van der Waals surface area contributed by atoms with Gasteiger partial charge in [0.2, 0.25) is 0 Å². The van der Waals surface area contributed by atoms with E-state index in [4.69, 9.17) is 9.73 Å². The number of aliphatic imine (C=N–C) groups is 1. The Labute approximate surface area is 179 Å². The van der Waals surface area contributed by atoms with Gasteiger partial charge in [-0.1, -0.05) is 12.8 Å². The number of hydrogen-bond donors (Lipinski definition) is 2. The molecule has 0 saturated heterocycles. The van der Waals surface area contributed by atoms with Crippen molar-refractivity contribution in [2.24, 2.45) is 10.9 Å². The number of aromatic nitrogens is 1. The summed E-state index contributed by atoms with van der Waals surface area (Å²) in [7, 11) is 0. The van der Waals surface area contributed by atoms with Gasteiger partial charge in [-0.2, -0.15) is 0 Å². The minimum absolute atomic E-state index is 0. The minimum Gasteiger partial charge on any atom is -0.378 e. The fourth-order valence-electron chi connectivity index (χ4n) is 3.54. The lowest BCUT2D eigenvalue weighted by atomic mass is 9.98. The summed E-state index contributed by atoms with van der Waals surface area (Å²) < 4.78 is 6.01. The first-order valence-corrected chi connectivity index (χ1v) is 10.5. The lowest BCUT2D eigenvalue weighted by Gasteiger charge is -2.24. The normalized spacial score (nSPS) is 16.4. The summed E-state index contributed by atoms with van der Waals surface area (Å²) in [6.07, 6.45) is 6.79. The first kappa shape index (κ1) is 23.6. The second-order valence-electron chi connectivity index (χ2n) is 6.69. The van der Waals surface area contributed by atoms with Gasteiger partial charge in [0.15, 0.2) is 5.96 Å². The van der Waals surface area contributed by atoms with Crippen LogP contribution in [0.2, 0.25) is 0 Å². The summed E-state index contributed by atoms with van der Waals surface area (Å²) in [5, 5.41) is 7.92. The molecule has 1 aliphatic carbocycles. The molecule has 1 heterocycles. The zero-order chi connectivity index (χ0) is 18.1. The molecule has 0 bridgehead atoms. The Morgan fingerprint density at radius 2 is 2.00 bits per heavy atom. The topological polar surface area (TPSA) is 58.5 Å². The maximum atomic E-state index is 6.01. The molecular formula is C19H35IN4OS. The lowest BCUT2D eigenvalue weighted by molar-refractivity contribution is 0.0169. The zero-order valence-corrected chi connectivity index (χ0v) is 19.8. The molecule has 1 aliphatic rings. The Morgan fingerprint density at radius 3 is 2.58 bits per heavy atom. The standard InChI is InChI=1S/C19H34N4OS.HI/c1-5-20-19(22-13-18-14(3)23-15(4)25-18)21-12-11-17(24-6-2)16-9-7-8-10-16;/h16-17H,5-13H2,1-4H3,(H2,20,21,22);1H. The van der Waals surface area contributed by atoms with Crippen LogP contribution < -0.4 is 10.6 Å². The molecule has 1 aromatic heterocycles. The van der Waals surface area contributed by atoms with Crippen LogP contribution >= 0.6 is 35.3 Å². The molecule has 1 atom stereocenters. The maximum absolute atomic E-state index is 6.01. The molecule has 1 aromatic rings. The van der Waals surface area contributed by atoms with Crippen molar-refractivity contribution in [1.82, 2.24) is 15.6 Å². The van der Waals surface area contributed by atoms with E-state index in [1.54, 1.807) is 11.3 Å². The average molecular weight is 494 g/mol. The number of hydrogen-bond acceptors (Lipinski definition) is 4. The Bertz CT molecular complexity index is 544. The Hall–Kier alpha value is -0.410. The van der Waals surface area contributed by atoms with Crippen LogP contribution in [0.3, 0.4) is 0 Å². The molecule has 0 spiro atoms. The van der Waals surface area contributed by atoms with Crippen molar-refractivity contribution in [3.8, 4) is 0 Å². The first-order valence-electron chi connectivity index (χ1n) is 9.70. The van der Waals surface area contributed by atoms with Gasteiger partial charge < -0.3 is 15.4 Å². The van der Waals surface area contributed by atoms with E-state index >= 15 is 0 Å². The van der Waals surface area contributed by atoms with E-state index in [9.17, 15) is 0 Å². The number of guanidine groups is 1. The number of nitrogens with one attached hydrogen (secondary N) is 2. The third-order valence-corrected chi connectivity index (χ3v) is 5.81. The van der Waals surface area contributed by atoms with Crippen LogP contribution in [0.1, 0.15) is 61.5 Å². The second-order valence-corrected chi connectivity index (χ2v) is 7.98. The number of halogens is 1. The quantitative estimate of drug-likeness (QED) is 0.303. The maximum Gasteiger partial charge on any atom is 0.191 e. The first-order chi connectivity index (χ1) is 12.1. The second kappa shape index (κ2) is 12.9. The minimum atomic E-state index is 0. The highest BCUT2D eigenvalue weighted by Gasteiger charge is 2.25. The fourth-order valence-corrected chi connectivity index (χ4v) is 4.41. The van der Waals surface area contributed by atoms with E-state index in [-0.39, 0.29) is 24.0 Å². The molecular weight excluding hydrogens is 459 g/mol. The molecule has 0 radical (unpaired) electrons. The van der Waals surface area contributed by atoms with Gasteiger partial charge in [0, 0.05) is 24.6 Å². The molecule has 5 nitrogen and oxygen atoms in total. The highest BCUT2D eigenvalue weighted by Crippen LogP contribution is 2.30. The van der Waals surface area contributed by atoms with E-state index in [2.05, 4.69) is 36.4 Å². The molecule has 0 aliphatic heterocycles. The zero-order valence-electron chi connectivity index (χ0n) is 16.6. The Balaban J connectivity index is 0.00000338. The molecule has 1 unspecified atom stereocenters. The average Bonchev–Trinajstić information content (AvgIpc) is 3.21. The van der Waals surface area contributed by atoms with Crippen molar-refractivity contribution in [2.75, 3.05) is 19.7 Å². The summed E-state index contributed by atoms with van der Waals surface area (Å²) in [5.41, 5.74) is 1.10. The third-order valence-electron chi connectivity index (χ3n) is 4.75.